The van der Waals surface area contributed by atoms with Crippen LogP contribution in [0.25, 0.3) is 23.0 Å². The monoisotopic (exact) mass is 336 g/mol. The van der Waals surface area contributed by atoms with Gasteiger partial charge in [-0.1, -0.05) is 6.07 Å². The van der Waals surface area contributed by atoms with Gasteiger partial charge in [-0.25, -0.2) is 9.67 Å². The zero-order valence-corrected chi connectivity index (χ0v) is 14.2. The summed E-state index contributed by atoms with van der Waals surface area (Å²) in [7, 11) is 2.01. The lowest BCUT2D eigenvalue weighted by molar-refractivity contribution is 0.185. The number of nitrogens with zero attached hydrogens (tertiary/aromatic N) is 6. The molecule has 1 unspecified atom stereocenters. The van der Waals surface area contributed by atoms with E-state index >= 15 is 0 Å². The molecule has 2 aliphatic rings. The van der Waals surface area contributed by atoms with Gasteiger partial charge in [0.25, 0.3) is 0 Å². The fraction of sp³-hybridized carbons (Fsp3) is 0.444. The van der Waals surface area contributed by atoms with E-state index in [-0.39, 0.29) is 6.04 Å². The van der Waals surface area contributed by atoms with E-state index in [2.05, 4.69) is 11.1 Å². The summed E-state index contributed by atoms with van der Waals surface area (Å²) >= 11 is 0. The molecule has 1 aliphatic carbocycles. The van der Waals surface area contributed by atoms with Crippen LogP contribution < -0.4 is 0 Å². The molecule has 1 atom stereocenters. The molecule has 0 N–H and O–H groups in total. The summed E-state index contributed by atoms with van der Waals surface area (Å²) in [6.45, 7) is 1.43. The van der Waals surface area contributed by atoms with Gasteiger partial charge < -0.3 is 4.74 Å². The Morgan fingerprint density at radius 2 is 2.04 bits per heavy atom. The molecule has 3 aromatic heterocycles. The van der Waals surface area contributed by atoms with E-state index in [0.29, 0.717) is 18.3 Å². The highest BCUT2D eigenvalue weighted by Crippen LogP contribution is 2.41. The van der Waals surface area contributed by atoms with Crippen LogP contribution >= 0.6 is 0 Å². The van der Waals surface area contributed by atoms with Gasteiger partial charge in [-0.05, 0) is 37.5 Å². The standard InChI is InChI=1S/C18H20N6O/c1-23-16(12-5-6-12)10-15(21-23)18-20-17(14-4-2-3-8-19-14)22-24(18)13-7-9-25-11-13/h2-4,8,10,12-13H,5-7,9,11H2,1H3. The molecule has 0 spiro atoms. The minimum atomic E-state index is 0.200. The maximum Gasteiger partial charge on any atom is 0.200 e. The summed E-state index contributed by atoms with van der Waals surface area (Å²) in [5.41, 5.74) is 2.94. The van der Waals surface area contributed by atoms with Crippen molar-refractivity contribution in [1.29, 1.82) is 0 Å². The topological polar surface area (TPSA) is 70.7 Å². The molecule has 7 heteroatoms. The molecule has 2 fully saturated rings. The van der Waals surface area contributed by atoms with Gasteiger partial charge in [0.05, 0.1) is 12.6 Å². The van der Waals surface area contributed by atoms with Gasteiger partial charge >= 0.3 is 0 Å². The number of hydrogen-bond donors (Lipinski definition) is 0. The van der Waals surface area contributed by atoms with Gasteiger partial charge in [0.15, 0.2) is 11.6 Å². The van der Waals surface area contributed by atoms with Crippen molar-refractivity contribution in [2.24, 2.45) is 7.05 Å². The fourth-order valence-electron chi connectivity index (χ4n) is 3.42. The van der Waals surface area contributed by atoms with Crippen molar-refractivity contribution < 1.29 is 4.74 Å². The molecule has 128 valence electrons. The second-order valence-electron chi connectivity index (χ2n) is 6.79. The first-order valence-electron chi connectivity index (χ1n) is 8.79. The maximum atomic E-state index is 5.56. The Morgan fingerprint density at radius 1 is 1.12 bits per heavy atom. The highest BCUT2D eigenvalue weighted by molar-refractivity contribution is 5.57. The Balaban J connectivity index is 1.61. The van der Waals surface area contributed by atoms with Gasteiger partial charge in [0.1, 0.15) is 11.4 Å². The van der Waals surface area contributed by atoms with Crippen molar-refractivity contribution >= 4 is 0 Å². The third-order valence-corrected chi connectivity index (χ3v) is 4.92. The zero-order chi connectivity index (χ0) is 16.8. The van der Waals surface area contributed by atoms with E-state index < -0.39 is 0 Å². The smallest absolute Gasteiger partial charge is 0.200 e. The molecular formula is C18H20N6O. The molecule has 1 saturated heterocycles. The summed E-state index contributed by atoms with van der Waals surface area (Å²) in [6.07, 6.45) is 5.21. The molecule has 0 aromatic carbocycles. The maximum absolute atomic E-state index is 5.56. The summed E-state index contributed by atoms with van der Waals surface area (Å²) in [5.74, 6) is 2.09. The third-order valence-electron chi connectivity index (χ3n) is 4.92. The fourth-order valence-corrected chi connectivity index (χ4v) is 3.42. The largest absolute Gasteiger partial charge is 0.379 e. The number of hydrogen-bond acceptors (Lipinski definition) is 5. The van der Waals surface area contributed by atoms with Crippen molar-refractivity contribution in [1.82, 2.24) is 29.5 Å². The molecule has 25 heavy (non-hydrogen) atoms. The Morgan fingerprint density at radius 3 is 2.76 bits per heavy atom. The quantitative estimate of drug-likeness (QED) is 0.732. The molecular weight excluding hydrogens is 316 g/mol. The molecule has 0 amide bonds. The summed E-state index contributed by atoms with van der Waals surface area (Å²) < 4.78 is 9.53. The predicted molar refractivity (Wildman–Crippen MR) is 91.9 cm³/mol. The predicted octanol–water partition coefficient (Wildman–Crippen LogP) is 2.58. The Kier molecular flexibility index (Phi) is 3.41. The zero-order valence-electron chi connectivity index (χ0n) is 14.2. The molecule has 0 radical (unpaired) electrons. The van der Waals surface area contributed by atoms with Crippen LogP contribution in [0.1, 0.15) is 36.9 Å². The molecule has 7 nitrogen and oxygen atoms in total. The first kappa shape index (κ1) is 14.8. The van der Waals surface area contributed by atoms with Gasteiger partial charge in [-0.15, -0.1) is 5.10 Å². The first-order valence-corrected chi connectivity index (χ1v) is 8.79. The van der Waals surface area contributed by atoms with Crippen molar-refractivity contribution in [2.75, 3.05) is 13.2 Å². The van der Waals surface area contributed by atoms with E-state index in [1.807, 2.05) is 34.6 Å². The van der Waals surface area contributed by atoms with Crippen molar-refractivity contribution in [3.8, 4) is 23.0 Å². The van der Waals surface area contributed by atoms with E-state index in [9.17, 15) is 0 Å². The van der Waals surface area contributed by atoms with E-state index in [4.69, 9.17) is 19.9 Å². The number of aryl methyl sites for hydroxylation is 1. The molecule has 5 rings (SSSR count). The minimum absolute atomic E-state index is 0.200. The van der Waals surface area contributed by atoms with Crippen LogP contribution in [0.5, 0.6) is 0 Å². The first-order chi connectivity index (χ1) is 12.3. The third kappa shape index (κ3) is 2.64. The van der Waals surface area contributed by atoms with Crippen LogP contribution in [0.3, 0.4) is 0 Å². The molecule has 4 heterocycles. The second kappa shape index (κ2) is 5.77. The molecule has 1 saturated carbocycles. The highest BCUT2D eigenvalue weighted by atomic mass is 16.5. The Labute approximate surface area is 145 Å². The number of rotatable bonds is 4. The number of ether oxygens (including phenoxy) is 1. The lowest BCUT2D eigenvalue weighted by Crippen LogP contribution is -2.12. The van der Waals surface area contributed by atoms with Crippen LogP contribution in [0.2, 0.25) is 0 Å². The van der Waals surface area contributed by atoms with E-state index in [1.54, 1.807) is 6.20 Å². The highest BCUT2D eigenvalue weighted by Gasteiger charge is 2.30. The van der Waals surface area contributed by atoms with Crippen molar-refractivity contribution in [3.05, 3.63) is 36.2 Å². The van der Waals surface area contributed by atoms with Gasteiger partial charge in [0.2, 0.25) is 0 Å². The second-order valence-corrected chi connectivity index (χ2v) is 6.79. The Hall–Kier alpha value is -2.54. The SMILES string of the molecule is Cn1nc(-c2nc(-c3ccccn3)nn2C2CCOC2)cc1C1CC1. The Bertz CT molecular complexity index is 890. The number of aromatic nitrogens is 6. The van der Waals surface area contributed by atoms with Crippen molar-refractivity contribution in [2.45, 2.75) is 31.2 Å². The van der Waals surface area contributed by atoms with Crippen LogP contribution in [0.15, 0.2) is 30.5 Å². The van der Waals surface area contributed by atoms with Crippen LogP contribution in [-0.4, -0.2) is 42.7 Å². The van der Waals surface area contributed by atoms with Crippen LogP contribution in [0, 0.1) is 0 Å². The van der Waals surface area contributed by atoms with E-state index in [0.717, 1.165) is 30.2 Å². The number of pyridine rings is 1. The lowest BCUT2D eigenvalue weighted by atomic mass is 10.2. The normalized spacial score (nSPS) is 20.3. The summed E-state index contributed by atoms with van der Waals surface area (Å²) in [5, 5.41) is 9.47. The lowest BCUT2D eigenvalue weighted by Gasteiger charge is -2.09. The van der Waals surface area contributed by atoms with Crippen molar-refractivity contribution in [3.63, 3.8) is 0 Å². The van der Waals surface area contributed by atoms with Crippen LogP contribution in [-0.2, 0) is 11.8 Å². The molecule has 3 aromatic rings. The molecule has 1 aliphatic heterocycles. The van der Waals surface area contributed by atoms with Gasteiger partial charge in [-0.3, -0.25) is 9.67 Å². The summed E-state index contributed by atoms with van der Waals surface area (Å²) in [4.78, 5) is 9.18. The van der Waals surface area contributed by atoms with E-state index in [1.165, 1.54) is 18.5 Å². The summed E-state index contributed by atoms with van der Waals surface area (Å²) in [6, 6.07) is 8.14. The molecule has 0 bridgehead atoms. The average Bonchev–Trinajstić information content (AvgIpc) is 3.04. The van der Waals surface area contributed by atoms with Gasteiger partial charge in [-0.2, -0.15) is 5.10 Å². The van der Waals surface area contributed by atoms with Gasteiger partial charge in [0, 0.05) is 31.5 Å². The average molecular weight is 336 g/mol. The van der Waals surface area contributed by atoms with Crippen LogP contribution in [0.4, 0.5) is 0 Å². The minimum Gasteiger partial charge on any atom is -0.379 e.